The van der Waals surface area contributed by atoms with Gasteiger partial charge in [-0.1, -0.05) is 12.1 Å². The van der Waals surface area contributed by atoms with Crippen LogP contribution in [0.5, 0.6) is 11.5 Å². The summed E-state index contributed by atoms with van der Waals surface area (Å²) in [6.07, 6.45) is 6.37. The lowest BCUT2D eigenvalue weighted by molar-refractivity contribution is -0.119. The first kappa shape index (κ1) is 28.4. The molecule has 1 saturated heterocycles. The molecule has 9 heteroatoms. The van der Waals surface area contributed by atoms with E-state index in [0.717, 1.165) is 39.8 Å². The van der Waals surface area contributed by atoms with Crippen molar-refractivity contribution in [3.63, 3.8) is 0 Å². The summed E-state index contributed by atoms with van der Waals surface area (Å²) < 4.78 is 24.9. The van der Waals surface area contributed by atoms with Gasteiger partial charge in [0.05, 0.1) is 34.0 Å². The molecule has 206 valence electrons. The number of nitrogens with zero attached hydrogens (tertiary/aromatic N) is 2. The van der Waals surface area contributed by atoms with Crippen LogP contribution in [0.4, 0.5) is 0 Å². The maximum atomic E-state index is 13.2. The summed E-state index contributed by atoms with van der Waals surface area (Å²) in [6, 6.07) is 13.2. The number of amides is 1. The van der Waals surface area contributed by atoms with E-state index in [1.165, 1.54) is 6.20 Å². The minimum atomic E-state index is -1.13. The molecular weight excluding hydrogens is 512 g/mol. The number of carbonyl (C=O) groups excluding carboxylic acids is 1. The molecule has 8 nitrogen and oxygen atoms in total. The van der Waals surface area contributed by atoms with Crippen LogP contribution in [0.25, 0.3) is 10.9 Å². The number of rotatable bonds is 8. The molecule has 0 spiro atoms. The van der Waals surface area contributed by atoms with E-state index in [1.54, 1.807) is 12.4 Å². The molecule has 0 radical (unpaired) electrons. The first-order valence-corrected chi connectivity index (χ1v) is 14.3. The van der Waals surface area contributed by atoms with Crippen LogP contribution >= 0.6 is 0 Å². The second-order valence-electron chi connectivity index (χ2n) is 10.6. The zero-order valence-electron chi connectivity index (χ0n) is 22.9. The van der Waals surface area contributed by atoms with Crippen molar-refractivity contribution in [2.75, 3.05) is 13.2 Å². The van der Waals surface area contributed by atoms with Gasteiger partial charge in [-0.25, -0.2) is 0 Å². The van der Waals surface area contributed by atoms with E-state index in [-0.39, 0.29) is 23.1 Å². The number of hydrogen-bond acceptors (Lipinski definition) is 7. The Hall–Kier alpha value is -3.56. The first-order chi connectivity index (χ1) is 18.6. The monoisotopic (exact) mass is 548 g/mol. The highest BCUT2D eigenvalue weighted by Crippen LogP contribution is 2.33. The number of benzene rings is 2. The minimum Gasteiger partial charge on any atom is -0.456 e. The molecule has 1 aromatic heterocycles. The van der Waals surface area contributed by atoms with Crippen molar-refractivity contribution in [1.82, 2.24) is 10.3 Å². The van der Waals surface area contributed by atoms with Gasteiger partial charge in [-0.05, 0) is 82.0 Å². The van der Waals surface area contributed by atoms with E-state index in [9.17, 15) is 9.00 Å². The lowest BCUT2D eigenvalue weighted by atomic mass is 10.1. The molecule has 3 aromatic rings. The fourth-order valence-corrected chi connectivity index (χ4v) is 5.66. The second-order valence-corrected chi connectivity index (χ2v) is 12.3. The van der Waals surface area contributed by atoms with E-state index in [2.05, 4.69) is 15.3 Å². The topological polar surface area (TPSA) is 116 Å². The summed E-state index contributed by atoms with van der Waals surface area (Å²) in [5, 5.41) is 3.69. The molecule has 1 aliphatic heterocycles. The number of aliphatic imine (C=N–C) groups is 1. The second kappa shape index (κ2) is 12.5. The quantitative estimate of drug-likeness (QED) is 0.385. The van der Waals surface area contributed by atoms with Crippen LogP contribution in [0.15, 0.2) is 70.4 Å². The smallest absolute Gasteiger partial charge is 0.228 e. The Bertz CT molecular complexity index is 1420. The summed E-state index contributed by atoms with van der Waals surface area (Å²) in [6.45, 7) is 9.13. The van der Waals surface area contributed by atoms with Crippen molar-refractivity contribution in [2.45, 2.75) is 62.6 Å². The number of allylic oxidation sites excluding steroid dienone is 1. The summed E-state index contributed by atoms with van der Waals surface area (Å²) in [5.41, 5.74) is 8.33. The Kier molecular flexibility index (Phi) is 9.14. The third-order valence-corrected chi connectivity index (χ3v) is 8.05. The number of ether oxygens (including phenoxy) is 2. The average molecular weight is 549 g/mol. The van der Waals surface area contributed by atoms with Crippen molar-refractivity contribution in [1.29, 1.82) is 0 Å². The van der Waals surface area contributed by atoms with Gasteiger partial charge < -0.3 is 20.5 Å². The van der Waals surface area contributed by atoms with Gasteiger partial charge in [-0.3, -0.25) is 19.0 Å². The first-order valence-electron chi connectivity index (χ1n) is 13.0. The van der Waals surface area contributed by atoms with Crippen molar-refractivity contribution >= 4 is 33.8 Å². The number of aromatic nitrogens is 1. The molecule has 39 heavy (non-hydrogen) atoms. The van der Waals surface area contributed by atoms with Gasteiger partial charge in [-0.2, -0.15) is 0 Å². The predicted octanol–water partition coefficient (Wildman–Crippen LogP) is 4.95. The lowest BCUT2D eigenvalue weighted by Gasteiger charge is -2.21. The number of nitrogens with two attached hydrogens (primary N) is 1. The Morgan fingerprint density at radius 2 is 1.95 bits per heavy atom. The zero-order valence-corrected chi connectivity index (χ0v) is 23.7. The Balaban J connectivity index is 1.48. The number of fused-ring (bicyclic) bond motifs is 1. The highest BCUT2D eigenvalue weighted by Gasteiger charge is 2.22. The number of nitrogens with one attached hydrogen (secondary N) is 1. The van der Waals surface area contributed by atoms with Crippen molar-refractivity contribution in [3.8, 4) is 11.5 Å². The van der Waals surface area contributed by atoms with Crippen LogP contribution in [0.1, 0.15) is 44.7 Å². The van der Waals surface area contributed by atoms with Crippen molar-refractivity contribution < 1.29 is 18.5 Å². The molecule has 0 aliphatic carbocycles. The maximum Gasteiger partial charge on any atom is 0.228 e. The number of carbonyl (C=O) groups is 1. The molecule has 1 amide bonds. The molecule has 1 atom stereocenters. The van der Waals surface area contributed by atoms with Gasteiger partial charge in [0, 0.05) is 47.4 Å². The Labute approximate surface area is 232 Å². The molecule has 0 bridgehead atoms. The van der Waals surface area contributed by atoms with E-state index in [0.29, 0.717) is 30.4 Å². The summed E-state index contributed by atoms with van der Waals surface area (Å²) >= 11 is 0. The molecule has 2 heterocycles. The summed E-state index contributed by atoms with van der Waals surface area (Å²) in [4.78, 5) is 22.2. The minimum absolute atomic E-state index is 0.0893. The van der Waals surface area contributed by atoms with Gasteiger partial charge >= 0.3 is 0 Å². The number of aryl methyl sites for hydroxylation is 1. The van der Waals surface area contributed by atoms with E-state index >= 15 is 0 Å². The highest BCUT2D eigenvalue weighted by atomic mass is 32.2. The highest BCUT2D eigenvalue weighted by molar-refractivity contribution is 7.85. The standard InChI is InChI=1S/C30H36N4O4S/c1-20-15-21(16-29(35)34-22(18-31)19-33-30(2,3)4)5-8-27(20)38-28-9-12-32-26-7-6-24(17-25(26)28)39(36)23-10-13-37-14-11-23/h5-9,12,15,17-19,23H,10-11,13-14,16,31H2,1-4H3,(H,34,35)/b22-18+,33-19?. The largest absolute Gasteiger partial charge is 0.456 e. The molecule has 1 unspecified atom stereocenters. The molecular formula is C30H36N4O4S. The average Bonchev–Trinajstić information content (AvgIpc) is 2.92. The van der Waals surface area contributed by atoms with Gasteiger partial charge in [0.25, 0.3) is 0 Å². The van der Waals surface area contributed by atoms with Crippen LogP contribution < -0.4 is 15.8 Å². The van der Waals surface area contributed by atoms with Crippen molar-refractivity contribution in [3.05, 3.63) is 71.7 Å². The summed E-state index contributed by atoms with van der Waals surface area (Å²) in [5.74, 6) is 1.11. The molecule has 4 rings (SSSR count). The number of pyridine rings is 1. The van der Waals surface area contributed by atoms with Gasteiger partial charge in [-0.15, -0.1) is 0 Å². The number of hydrogen-bond donors (Lipinski definition) is 2. The third kappa shape index (κ3) is 7.74. The van der Waals surface area contributed by atoms with Crippen molar-refractivity contribution in [2.24, 2.45) is 10.7 Å². The summed E-state index contributed by atoms with van der Waals surface area (Å²) in [7, 11) is -1.13. The lowest BCUT2D eigenvalue weighted by Crippen LogP contribution is -2.26. The molecule has 2 aromatic carbocycles. The SMILES string of the molecule is Cc1cc(CC(=O)N/C(C=NC(C)(C)C)=C/N)ccc1Oc1ccnc2ccc(S(=O)C3CCOCC3)cc12. The van der Waals surface area contributed by atoms with Crippen LogP contribution in [0.2, 0.25) is 0 Å². The van der Waals surface area contributed by atoms with Crippen LogP contribution in [-0.4, -0.2) is 45.3 Å². The van der Waals surface area contributed by atoms with Crippen LogP contribution in [0, 0.1) is 6.92 Å². The third-order valence-electron chi connectivity index (χ3n) is 6.25. The van der Waals surface area contributed by atoms with Crippen LogP contribution in [-0.2, 0) is 26.8 Å². The molecule has 1 aliphatic rings. The normalized spacial score (nSPS) is 15.9. The zero-order chi connectivity index (χ0) is 28.0. The van der Waals surface area contributed by atoms with Gasteiger partial charge in [0.15, 0.2) is 0 Å². The fourth-order valence-electron chi connectivity index (χ4n) is 4.22. The molecule has 0 saturated carbocycles. The van der Waals surface area contributed by atoms with E-state index < -0.39 is 10.8 Å². The van der Waals surface area contributed by atoms with E-state index in [1.807, 2.05) is 70.2 Å². The predicted molar refractivity (Wildman–Crippen MR) is 156 cm³/mol. The fraction of sp³-hybridized carbons (Fsp3) is 0.367. The van der Waals surface area contributed by atoms with Crippen LogP contribution in [0.3, 0.4) is 0 Å². The van der Waals surface area contributed by atoms with Gasteiger partial charge in [0.1, 0.15) is 11.5 Å². The maximum absolute atomic E-state index is 13.2. The Morgan fingerprint density at radius 1 is 1.18 bits per heavy atom. The molecule has 1 fully saturated rings. The van der Waals surface area contributed by atoms with E-state index in [4.69, 9.17) is 15.2 Å². The van der Waals surface area contributed by atoms with Gasteiger partial charge in [0.2, 0.25) is 5.91 Å². The molecule has 3 N–H and O–H groups in total. The Morgan fingerprint density at radius 3 is 2.64 bits per heavy atom.